The van der Waals surface area contributed by atoms with E-state index in [-0.39, 0.29) is 6.04 Å². The van der Waals surface area contributed by atoms with Gasteiger partial charge in [0.1, 0.15) is 0 Å². The summed E-state index contributed by atoms with van der Waals surface area (Å²) in [7, 11) is 0. The average Bonchev–Trinajstić information content (AvgIpc) is 2.97. The second-order valence-corrected chi connectivity index (χ2v) is 5.66. The smallest absolute Gasteiger partial charge is 0.318 e. The number of anilines is 1. The number of fused-ring (bicyclic) bond motifs is 1. The van der Waals surface area contributed by atoms with Gasteiger partial charge in [-0.15, -0.1) is 5.10 Å². The Labute approximate surface area is 119 Å². The van der Waals surface area contributed by atoms with Crippen LogP contribution < -0.4 is 10.2 Å². The van der Waals surface area contributed by atoms with Crippen LogP contribution in [0.25, 0.3) is 0 Å². The van der Waals surface area contributed by atoms with Gasteiger partial charge in [0.05, 0.1) is 24.8 Å². The number of aromatic nitrogens is 2. The highest BCUT2D eigenvalue weighted by atomic mass is 16.5. The van der Waals surface area contributed by atoms with Crippen molar-refractivity contribution in [3.63, 3.8) is 0 Å². The van der Waals surface area contributed by atoms with Gasteiger partial charge in [-0.25, -0.2) is 0 Å². The van der Waals surface area contributed by atoms with Gasteiger partial charge in [0.15, 0.2) is 0 Å². The first-order chi connectivity index (χ1) is 9.79. The van der Waals surface area contributed by atoms with Crippen molar-refractivity contribution in [2.75, 3.05) is 24.6 Å². The number of nitrogens with zero attached hydrogens (tertiary/aromatic N) is 3. The molecule has 6 nitrogen and oxygen atoms in total. The van der Waals surface area contributed by atoms with Crippen LogP contribution in [0, 0.1) is 0 Å². The molecule has 1 saturated carbocycles. The lowest BCUT2D eigenvalue weighted by Crippen LogP contribution is -2.53. The van der Waals surface area contributed by atoms with Gasteiger partial charge in [0.25, 0.3) is 0 Å². The molecule has 112 valence electrons. The van der Waals surface area contributed by atoms with E-state index in [1.54, 1.807) is 0 Å². The van der Waals surface area contributed by atoms with Gasteiger partial charge in [-0.2, -0.15) is 0 Å². The maximum Gasteiger partial charge on any atom is 0.318 e. The number of morpholine rings is 1. The summed E-state index contributed by atoms with van der Waals surface area (Å²) in [4.78, 5) is 2.25. The Kier molecular flexibility index (Phi) is 4.21. The van der Waals surface area contributed by atoms with E-state index in [9.17, 15) is 0 Å². The third-order valence-corrected chi connectivity index (χ3v) is 4.29. The zero-order chi connectivity index (χ0) is 13.9. The predicted octanol–water partition coefficient (Wildman–Crippen LogP) is 1.89. The van der Waals surface area contributed by atoms with Crippen LogP contribution >= 0.6 is 0 Å². The molecule has 0 amide bonds. The maximum atomic E-state index is 5.88. The zero-order valence-corrected chi connectivity index (χ0v) is 12.3. The lowest BCUT2D eigenvalue weighted by Gasteiger charge is -2.42. The molecule has 0 spiro atoms. The summed E-state index contributed by atoms with van der Waals surface area (Å²) < 4.78 is 11.8. The summed E-state index contributed by atoms with van der Waals surface area (Å²) in [6.07, 6.45) is 5.16. The summed E-state index contributed by atoms with van der Waals surface area (Å²) in [5.41, 5.74) is 0. The Hall–Kier alpha value is -1.14. The molecule has 6 heteroatoms. The molecule has 1 aromatic heterocycles. The first-order valence-corrected chi connectivity index (χ1v) is 7.74. The minimum Gasteiger partial charge on any atom is -0.406 e. The van der Waals surface area contributed by atoms with Crippen molar-refractivity contribution in [3.8, 4) is 0 Å². The summed E-state index contributed by atoms with van der Waals surface area (Å²) in [5.74, 6) is 0.667. The number of nitrogens with one attached hydrogen (secondary N) is 1. The monoisotopic (exact) mass is 280 g/mol. The Morgan fingerprint density at radius 1 is 1.35 bits per heavy atom. The highest BCUT2D eigenvalue weighted by Crippen LogP contribution is 2.31. The van der Waals surface area contributed by atoms with Gasteiger partial charge in [-0.3, -0.25) is 0 Å². The first-order valence-electron chi connectivity index (χ1n) is 7.74. The fourth-order valence-electron chi connectivity index (χ4n) is 3.24. The first kappa shape index (κ1) is 13.8. The molecule has 2 heterocycles. The largest absolute Gasteiger partial charge is 0.406 e. The summed E-state index contributed by atoms with van der Waals surface area (Å²) in [6.45, 7) is 6.60. The van der Waals surface area contributed by atoms with E-state index < -0.39 is 0 Å². The fraction of sp³-hybridized carbons (Fsp3) is 0.857. The van der Waals surface area contributed by atoms with E-state index in [0.29, 0.717) is 24.1 Å². The minimum atomic E-state index is 0.101. The van der Waals surface area contributed by atoms with Crippen LogP contribution in [0.5, 0.6) is 0 Å². The third kappa shape index (κ3) is 2.67. The second-order valence-electron chi connectivity index (χ2n) is 5.66. The van der Waals surface area contributed by atoms with Crippen LogP contribution in [0.3, 0.4) is 0 Å². The summed E-state index contributed by atoms with van der Waals surface area (Å²) >= 11 is 0. The second kappa shape index (κ2) is 6.10. The van der Waals surface area contributed by atoms with Gasteiger partial charge >= 0.3 is 6.01 Å². The van der Waals surface area contributed by atoms with Crippen LogP contribution in [-0.4, -0.2) is 42.0 Å². The van der Waals surface area contributed by atoms with Gasteiger partial charge in [0.2, 0.25) is 5.89 Å². The number of hydrogen-bond acceptors (Lipinski definition) is 6. The molecule has 2 aliphatic rings. The predicted molar refractivity (Wildman–Crippen MR) is 75.7 cm³/mol. The molecule has 1 saturated heterocycles. The molecule has 3 unspecified atom stereocenters. The Morgan fingerprint density at radius 2 is 2.20 bits per heavy atom. The van der Waals surface area contributed by atoms with Crippen LogP contribution in [0.1, 0.15) is 51.5 Å². The number of hydrogen-bond donors (Lipinski definition) is 1. The molecule has 2 fully saturated rings. The lowest BCUT2D eigenvalue weighted by molar-refractivity contribution is -0.0107. The molecule has 0 bridgehead atoms. The molecule has 20 heavy (non-hydrogen) atoms. The molecular formula is C14H24N4O2. The molecule has 1 aliphatic carbocycles. The van der Waals surface area contributed by atoms with E-state index in [0.717, 1.165) is 32.5 Å². The van der Waals surface area contributed by atoms with E-state index in [1.807, 2.05) is 6.92 Å². The van der Waals surface area contributed by atoms with Crippen LogP contribution in [0.2, 0.25) is 0 Å². The molecule has 1 aliphatic heterocycles. The molecular weight excluding hydrogens is 256 g/mol. The molecule has 0 radical (unpaired) electrons. The Morgan fingerprint density at radius 3 is 3.05 bits per heavy atom. The number of rotatable bonds is 4. The average molecular weight is 280 g/mol. The summed E-state index contributed by atoms with van der Waals surface area (Å²) in [5, 5.41) is 11.7. The molecule has 1 aromatic rings. The summed E-state index contributed by atoms with van der Waals surface area (Å²) in [6, 6.07) is 1.16. The van der Waals surface area contributed by atoms with E-state index in [4.69, 9.17) is 9.15 Å². The highest BCUT2D eigenvalue weighted by Gasteiger charge is 2.36. The van der Waals surface area contributed by atoms with Gasteiger partial charge in [-0.1, -0.05) is 24.9 Å². The van der Waals surface area contributed by atoms with E-state index in [1.165, 1.54) is 12.8 Å². The maximum absolute atomic E-state index is 5.88. The quantitative estimate of drug-likeness (QED) is 0.908. The zero-order valence-electron chi connectivity index (χ0n) is 12.3. The molecule has 0 aromatic carbocycles. The van der Waals surface area contributed by atoms with Crippen molar-refractivity contribution in [2.24, 2.45) is 0 Å². The minimum absolute atomic E-state index is 0.101. The van der Waals surface area contributed by atoms with Crippen LogP contribution in [-0.2, 0) is 4.74 Å². The van der Waals surface area contributed by atoms with Crippen molar-refractivity contribution in [2.45, 2.75) is 57.7 Å². The van der Waals surface area contributed by atoms with Crippen molar-refractivity contribution < 1.29 is 9.15 Å². The van der Waals surface area contributed by atoms with Gasteiger partial charge in [0, 0.05) is 6.54 Å². The van der Waals surface area contributed by atoms with Gasteiger partial charge < -0.3 is 19.4 Å². The van der Waals surface area contributed by atoms with E-state index in [2.05, 4.69) is 27.3 Å². The normalized spacial score (nSPS) is 28.2. The topological polar surface area (TPSA) is 63.4 Å². The van der Waals surface area contributed by atoms with E-state index >= 15 is 0 Å². The third-order valence-electron chi connectivity index (χ3n) is 4.29. The fourth-order valence-corrected chi connectivity index (χ4v) is 3.24. The van der Waals surface area contributed by atoms with Crippen molar-refractivity contribution in [1.29, 1.82) is 0 Å². The molecule has 3 rings (SSSR count). The van der Waals surface area contributed by atoms with Gasteiger partial charge in [-0.05, 0) is 26.3 Å². The van der Waals surface area contributed by atoms with Crippen molar-refractivity contribution >= 4 is 6.01 Å². The highest BCUT2D eigenvalue weighted by molar-refractivity contribution is 5.29. The van der Waals surface area contributed by atoms with Crippen LogP contribution in [0.15, 0.2) is 4.42 Å². The SMILES string of the molecule is CCNC(C)c1nnc(N2CCOC3CCCCC32)o1. The number of ether oxygens (including phenoxy) is 1. The molecule has 1 N–H and O–H groups in total. The van der Waals surface area contributed by atoms with Crippen LogP contribution in [0.4, 0.5) is 6.01 Å². The standard InChI is InChI=1S/C14H24N4O2/c1-3-15-10(2)13-16-17-14(20-13)18-8-9-19-12-7-5-4-6-11(12)18/h10-12,15H,3-9H2,1-2H3. The Bertz CT molecular complexity index is 435. The van der Waals surface area contributed by atoms with Crippen molar-refractivity contribution in [1.82, 2.24) is 15.5 Å². The lowest BCUT2D eigenvalue weighted by atomic mass is 9.90. The Balaban J connectivity index is 1.74. The molecule has 3 atom stereocenters. The van der Waals surface area contributed by atoms with Crippen molar-refractivity contribution in [3.05, 3.63) is 5.89 Å².